The first-order chi connectivity index (χ1) is 8.29. The summed E-state index contributed by atoms with van der Waals surface area (Å²) in [6, 6.07) is 6.32. The number of hydrogen-bond donors (Lipinski definition) is 0. The average Bonchev–Trinajstić information content (AvgIpc) is 2.60. The van der Waals surface area contributed by atoms with E-state index in [1.54, 1.807) is 0 Å². The minimum atomic E-state index is 0.406. The molecule has 0 N–H and O–H groups in total. The lowest BCUT2D eigenvalue weighted by Gasteiger charge is -2.18. The summed E-state index contributed by atoms with van der Waals surface area (Å²) in [5.41, 5.74) is 1.27. The molecule has 0 bridgehead atoms. The fraction of sp³-hybridized carbons (Fsp3) is 0.571. The zero-order valence-corrected chi connectivity index (χ0v) is 13.1. The third-order valence-electron chi connectivity index (χ3n) is 3.25. The molecule has 0 spiro atoms. The summed E-state index contributed by atoms with van der Waals surface area (Å²) in [4.78, 5) is 0. The second-order valence-corrected chi connectivity index (χ2v) is 6.04. The predicted molar refractivity (Wildman–Crippen MR) is 78.9 cm³/mol. The number of hydrogen-bond acceptors (Lipinski definition) is 1. The Morgan fingerprint density at radius 2 is 1.82 bits per heavy atom. The molecule has 0 atom stereocenters. The van der Waals surface area contributed by atoms with Gasteiger partial charge in [-0.1, -0.05) is 34.8 Å². The van der Waals surface area contributed by atoms with Gasteiger partial charge in [0.2, 0.25) is 0 Å². The third-order valence-corrected chi connectivity index (χ3v) is 4.51. The van der Waals surface area contributed by atoms with E-state index in [0.29, 0.717) is 6.10 Å². The van der Waals surface area contributed by atoms with Gasteiger partial charge in [-0.3, -0.25) is 0 Å². The third kappa shape index (κ3) is 3.99. The van der Waals surface area contributed by atoms with Crippen molar-refractivity contribution in [3.8, 4) is 5.75 Å². The highest BCUT2D eigenvalue weighted by Crippen LogP contribution is 2.30. The standard InChI is InChI=1S/C14H18Br2O/c15-10-11-7-8-14(13(16)9-11)17-12-5-3-1-2-4-6-12/h7-9,12H,1-6,10H2. The van der Waals surface area contributed by atoms with E-state index in [9.17, 15) is 0 Å². The van der Waals surface area contributed by atoms with Gasteiger partial charge in [0, 0.05) is 5.33 Å². The first-order valence-corrected chi connectivity index (χ1v) is 8.22. The van der Waals surface area contributed by atoms with Crippen LogP contribution in [0.4, 0.5) is 0 Å². The Morgan fingerprint density at radius 1 is 1.12 bits per heavy atom. The zero-order chi connectivity index (χ0) is 12.1. The van der Waals surface area contributed by atoms with Crippen LogP contribution in [0.15, 0.2) is 22.7 Å². The lowest BCUT2D eigenvalue weighted by molar-refractivity contribution is 0.182. The summed E-state index contributed by atoms with van der Waals surface area (Å²) in [6.45, 7) is 0. The maximum atomic E-state index is 6.10. The van der Waals surface area contributed by atoms with Crippen molar-refractivity contribution >= 4 is 31.9 Å². The van der Waals surface area contributed by atoms with E-state index in [4.69, 9.17) is 4.74 Å². The first-order valence-electron chi connectivity index (χ1n) is 6.30. The van der Waals surface area contributed by atoms with E-state index in [-0.39, 0.29) is 0 Å². The van der Waals surface area contributed by atoms with Crippen molar-refractivity contribution in [1.82, 2.24) is 0 Å². The maximum Gasteiger partial charge on any atom is 0.133 e. The summed E-state index contributed by atoms with van der Waals surface area (Å²) >= 11 is 7.05. The fourth-order valence-corrected chi connectivity index (χ4v) is 3.13. The molecule has 1 saturated carbocycles. The lowest BCUT2D eigenvalue weighted by atomic mass is 10.1. The van der Waals surface area contributed by atoms with Crippen molar-refractivity contribution in [3.63, 3.8) is 0 Å². The number of benzene rings is 1. The summed E-state index contributed by atoms with van der Waals surface area (Å²) < 4.78 is 7.17. The largest absolute Gasteiger partial charge is 0.489 e. The van der Waals surface area contributed by atoms with Crippen LogP contribution in [-0.2, 0) is 5.33 Å². The van der Waals surface area contributed by atoms with Crippen LogP contribution in [0.3, 0.4) is 0 Å². The zero-order valence-electron chi connectivity index (χ0n) is 9.92. The van der Waals surface area contributed by atoms with Crippen molar-refractivity contribution in [2.24, 2.45) is 0 Å². The van der Waals surface area contributed by atoms with Gasteiger partial charge in [0.25, 0.3) is 0 Å². The van der Waals surface area contributed by atoms with Crippen LogP contribution < -0.4 is 4.74 Å². The van der Waals surface area contributed by atoms with Crippen LogP contribution >= 0.6 is 31.9 Å². The number of halogens is 2. The minimum absolute atomic E-state index is 0.406. The van der Waals surface area contributed by atoms with E-state index in [1.165, 1.54) is 44.1 Å². The molecule has 0 unspecified atom stereocenters. The highest BCUT2D eigenvalue weighted by Gasteiger charge is 2.14. The molecule has 94 valence electrons. The Kier molecular flexibility index (Phi) is 5.36. The van der Waals surface area contributed by atoms with Crippen molar-refractivity contribution in [2.75, 3.05) is 0 Å². The Morgan fingerprint density at radius 3 is 2.41 bits per heavy atom. The molecule has 1 aliphatic carbocycles. The minimum Gasteiger partial charge on any atom is -0.489 e. The predicted octanol–water partition coefficient (Wildman–Crippen LogP) is 5.45. The molecular weight excluding hydrogens is 344 g/mol. The second kappa shape index (κ2) is 6.79. The topological polar surface area (TPSA) is 9.23 Å². The molecular formula is C14H18Br2O. The Balaban J connectivity index is 2.01. The van der Waals surface area contributed by atoms with Crippen LogP contribution in [0.2, 0.25) is 0 Å². The molecule has 0 heterocycles. The van der Waals surface area contributed by atoms with Crippen molar-refractivity contribution in [2.45, 2.75) is 50.0 Å². The summed E-state index contributed by atoms with van der Waals surface area (Å²) in [5.74, 6) is 0.988. The van der Waals surface area contributed by atoms with Gasteiger partial charge < -0.3 is 4.74 Å². The molecule has 1 aliphatic rings. The van der Waals surface area contributed by atoms with Gasteiger partial charge in [0.05, 0.1) is 10.6 Å². The van der Waals surface area contributed by atoms with E-state index >= 15 is 0 Å². The Hall–Kier alpha value is -0.0200. The molecule has 0 saturated heterocycles. The van der Waals surface area contributed by atoms with Gasteiger partial charge in [0.1, 0.15) is 5.75 Å². The van der Waals surface area contributed by atoms with Gasteiger partial charge in [0.15, 0.2) is 0 Å². The molecule has 1 nitrogen and oxygen atoms in total. The molecule has 1 aromatic rings. The van der Waals surface area contributed by atoms with Crippen LogP contribution in [0.1, 0.15) is 44.1 Å². The van der Waals surface area contributed by atoms with Crippen LogP contribution in [0.5, 0.6) is 5.75 Å². The fourth-order valence-electron chi connectivity index (χ4n) is 2.26. The monoisotopic (exact) mass is 360 g/mol. The molecule has 0 aliphatic heterocycles. The van der Waals surface area contributed by atoms with E-state index in [1.807, 2.05) is 0 Å². The Bertz CT molecular complexity index is 357. The summed E-state index contributed by atoms with van der Waals surface area (Å²) in [7, 11) is 0. The van der Waals surface area contributed by atoms with E-state index in [2.05, 4.69) is 50.1 Å². The smallest absolute Gasteiger partial charge is 0.133 e. The van der Waals surface area contributed by atoms with Gasteiger partial charge in [-0.2, -0.15) is 0 Å². The highest BCUT2D eigenvalue weighted by atomic mass is 79.9. The number of rotatable bonds is 3. The van der Waals surface area contributed by atoms with Gasteiger partial charge in [-0.15, -0.1) is 0 Å². The molecule has 3 heteroatoms. The van der Waals surface area contributed by atoms with Crippen molar-refractivity contribution in [3.05, 3.63) is 28.2 Å². The van der Waals surface area contributed by atoms with Gasteiger partial charge in [-0.25, -0.2) is 0 Å². The summed E-state index contributed by atoms with van der Waals surface area (Å²) in [6.07, 6.45) is 8.15. The van der Waals surface area contributed by atoms with Crippen LogP contribution in [-0.4, -0.2) is 6.10 Å². The van der Waals surface area contributed by atoms with Crippen molar-refractivity contribution < 1.29 is 4.74 Å². The second-order valence-electron chi connectivity index (χ2n) is 4.63. The van der Waals surface area contributed by atoms with Crippen LogP contribution in [0.25, 0.3) is 0 Å². The van der Waals surface area contributed by atoms with Crippen molar-refractivity contribution in [1.29, 1.82) is 0 Å². The van der Waals surface area contributed by atoms with E-state index < -0.39 is 0 Å². The molecule has 17 heavy (non-hydrogen) atoms. The van der Waals surface area contributed by atoms with Gasteiger partial charge in [-0.05, 0) is 59.3 Å². The molecule has 0 aromatic heterocycles. The number of ether oxygens (including phenoxy) is 1. The van der Waals surface area contributed by atoms with Crippen LogP contribution in [0, 0.1) is 0 Å². The molecule has 0 radical (unpaired) electrons. The molecule has 2 rings (SSSR count). The average molecular weight is 362 g/mol. The Labute approximate surface area is 120 Å². The quantitative estimate of drug-likeness (QED) is 0.514. The van der Waals surface area contributed by atoms with Gasteiger partial charge >= 0.3 is 0 Å². The van der Waals surface area contributed by atoms with E-state index in [0.717, 1.165) is 15.6 Å². The SMILES string of the molecule is BrCc1ccc(OC2CCCCCC2)c(Br)c1. The maximum absolute atomic E-state index is 6.10. The normalized spacial score (nSPS) is 17.8. The lowest BCUT2D eigenvalue weighted by Crippen LogP contribution is -2.15. The summed E-state index contributed by atoms with van der Waals surface area (Å²) in [5, 5.41) is 0.884. The number of alkyl halides is 1. The molecule has 1 fully saturated rings. The molecule has 0 amide bonds. The highest BCUT2D eigenvalue weighted by molar-refractivity contribution is 9.10. The first kappa shape index (κ1) is 13.4. The molecule has 1 aromatic carbocycles.